The number of rotatable bonds is 8. The third kappa shape index (κ3) is 5.48. The summed E-state index contributed by atoms with van der Waals surface area (Å²) < 4.78 is 10.9. The molecule has 8 nitrogen and oxygen atoms in total. The highest BCUT2D eigenvalue weighted by atomic mass is 16.6. The first kappa shape index (κ1) is 22.5. The summed E-state index contributed by atoms with van der Waals surface area (Å²) in [6.07, 6.45) is 0. The average Bonchev–Trinajstić information content (AvgIpc) is 2.80. The van der Waals surface area contributed by atoms with Crippen molar-refractivity contribution in [2.24, 2.45) is 0 Å². The zero-order valence-electron chi connectivity index (χ0n) is 17.7. The Bertz CT molecular complexity index is 1140. The van der Waals surface area contributed by atoms with Crippen LogP contribution in [0.2, 0.25) is 0 Å². The number of hydrogen-bond acceptors (Lipinski definition) is 6. The van der Waals surface area contributed by atoms with Crippen LogP contribution in [0.5, 0.6) is 5.75 Å². The summed E-state index contributed by atoms with van der Waals surface area (Å²) in [6.45, 7) is 3.11. The van der Waals surface area contributed by atoms with Crippen LogP contribution in [-0.4, -0.2) is 23.4 Å². The Hall–Kier alpha value is -4.20. The van der Waals surface area contributed by atoms with Crippen molar-refractivity contribution in [1.82, 2.24) is 0 Å². The van der Waals surface area contributed by atoms with Crippen molar-refractivity contribution < 1.29 is 24.0 Å². The summed E-state index contributed by atoms with van der Waals surface area (Å²) in [6, 6.07) is 19.0. The van der Waals surface area contributed by atoms with Crippen molar-refractivity contribution in [1.29, 1.82) is 0 Å². The average molecular weight is 434 g/mol. The van der Waals surface area contributed by atoms with Gasteiger partial charge in [-0.3, -0.25) is 14.9 Å². The lowest BCUT2D eigenvalue weighted by molar-refractivity contribution is -0.384. The summed E-state index contributed by atoms with van der Waals surface area (Å²) in [5, 5.41) is 13.8. The lowest BCUT2D eigenvalue weighted by atomic mass is 10.1. The van der Waals surface area contributed by atoms with E-state index >= 15 is 0 Å². The van der Waals surface area contributed by atoms with E-state index in [-0.39, 0.29) is 23.5 Å². The number of hydrogen-bond donors (Lipinski definition) is 1. The zero-order valence-corrected chi connectivity index (χ0v) is 17.7. The van der Waals surface area contributed by atoms with Crippen LogP contribution in [0.4, 0.5) is 11.4 Å². The Kier molecular flexibility index (Phi) is 7.17. The number of benzene rings is 3. The number of anilines is 1. The molecule has 0 aromatic heterocycles. The lowest BCUT2D eigenvalue weighted by Gasteiger charge is -2.13. The van der Waals surface area contributed by atoms with Crippen molar-refractivity contribution in [2.75, 3.05) is 11.9 Å². The predicted molar refractivity (Wildman–Crippen MR) is 119 cm³/mol. The molecule has 0 saturated carbocycles. The van der Waals surface area contributed by atoms with Crippen LogP contribution in [0.25, 0.3) is 0 Å². The number of nitrogens with one attached hydrogen (secondary N) is 1. The highest BCUT2D eigenvalue weighted by Crippen LogP contribution is 2.30. The molecule has 0 aliphatic rings. The summed E-state index contributed by atoms with van der Waals surface area (Å²) in [5.41, 5.74) is 2.32. The first-order valence-electron chi connectivity index (χ1n) is 9.84. The van der Waals surface area contributed by atoms with E-state index in [1.54, 1.807) is 38.1 Å². The molecular formula is C24H22N2O6. The van der Waals surface area contributed by atoms with Crippen LogP contribution in [0.15, 0.2) is 66.7 Å². The first-order chi connectivity index (χ1) is 15.4. The molecule has 0 heterocycles. The largest absolute Gasteiger partial charge is 0.488 e. The number of amides is 1. The van der Waals surface area contributed by atoms with E-state index in [0.717, 1.165) is 11.1 Å². The maximum atomic E-state index is 12.5. The molecule has 3 aromatic carbocycles. The number of nitro benzene ring substituents is 1. The third-order valence-electron chi connectivity index (χ3n) is 4.85. The van der Waals surface area contributed by atoms with Crippen LogP contribution in [0.3, 0.4) is 0 Å². The number of nitro groups is 1. The van der Waals surface area contributed by atoms with Gasteiger partial charge in [-0.25, -0.2) is 4.79 Å². The van der Waals surface area contributed by atoms with Crippen molar-refractivity contribution in [2.45, 2.75) is 20.5 Å². The SMILES string of the molecule is Cc1ccc([N+](=O)[O-])c(NC(=O)COC(=O)c2ccccc2OCc2ccccc2)c1C. The van der Waals surface area contributed by atoms with Gasteiger partial charge in [-0.15, -0.1) is 0 Å². The molecule has 0 unspecified atom stereocenters. The molecule has 0 aliphatic carbocycles. The fraction of sp³-hybridized carbons (Fsp3) is 0.167. The summed E-state index contributed by atoms with van der Waals surface area (Å²) >= 11 is 0. The highest BCUT2D eigenvalue weighted by Gasteiger charge is 2.21. The standard InChI is InChI=1S/C24H22N2O6/c1-16-12-13-20(26(29)30)23(17(16)2)25-22(27)15-32-24(28)19-10-6-7-11-21(19)31-14-18-8-4-3-5-9-18/h3-13H,14-15H2,1-2H3,(H,25,27). The van der Waals surface area contributed by atoms with Gasteiger partial charge in [0, 0.05) is 6.07 Å². The molecule has 164 valence electrons. The quantitative estimate of drug-likeness (QED) is 0.316. The topological polar surface area (TPSA) is 108 Å². The number of para-hydroxylation sites is 1. The fourth-order valence-corrected chi connectivity index (χ4v) is 2.99. The highest BCUT2D eigenvalue weighted by molar-refractivity contribution is 5.98. The Morgan fingerprint density at radius 1 is 0.969 bits per heavy atom. The Morgan fingerprint density at radius 3 is 2.38 bits per heavy atom. The van der Waals surface area contributed by atoms with E-state index in [4.69, 9.17) is 9.47 Å². The second-order valence-electron chi connectivity index (χ2n) is 7.05. The molecule has 0 spiro atoms. The second kappa shape index (κ2) is 10.2. The van der Waals surface area contributed by atoms with E-state index < -0.39 is 23.4 Å². The van der Waals surface area contributed by atoms with Gasteiger partial charge in [-0.2, -0.15) is 0 Å². The molecule has 0 bridgehead atoms. The fourth-order valence-electron chi connectivity index (χ4n) is 2.99. The molecule has 0 aliphatic heterocycles. The maximum Gasteiger partial charge on any atom is 0.342 e. The minimum Gasteiger partial charge on any atom is -0.488 e. The van der Waals surface area contributed by atoms with Crippen LogP contribution in [0.1, 0.15) is 27.0 Å². The van der Waals surface area contributed by atoms with Crippen molar-refractivity contribution in [3.8, 4) is 5.75 Å². The van der Waals surface area contributed by atoms with E-state index in [1.165, 1.54) is 12.1 Å². The van der Waals surface area contributed by atoms with Gasteiger partial charge < -0.3 is 14.8 Å². The minimum absolute atomic E-state index is 0.0858. The molecule has 32 heavy (non-hydrogen) atoms. The van der Waals surface area contributed by atoms with Crippen LogP contribution < -0.4 is 10.1 Å². The molecule has 0 saturated heterocycles. The van der Waals surface area contributed by atoms with Gasteiger partial charge in [-0.1, -0.05) is 48.5 Å². The van der Waals surface area contributed by atoms with Crippen molar-refractivity contribution in [3.63, 3.8) is 0 Å². The minimum atomic E-state index is -0.737. The molecular weight excluding hydrogens is 412 g/mol. The van der Waals surface area contributed by atoms with E-state index in [0.29, 0.717) is 11.3 Å². The van der Waals surface area contributed by atoms with E-state index in [9.17, 15) is 19.7 Å². The van der Waals surface area contributed by atoms with Crippen LogP contribution >= 0.6 is 0 Å². The molecule has 3 aromatic rings. The molecule has 3 rings (SSSR count). The molecule has 0 radical (unpaired) electrons. The van der Waals surface area contributed by atoms with E-state index in [1.807, 2.05) is 30.3 Å². The van der Waals surface area contributed by atoms with Gasteiger partial charge in [0.25, 0.3) is 11.6 Å². The summed E-state index contributed by atoms with van der Waals surface area (Å²) in [5.74, 6) is -1.09. The number of carbonyl (C=O) groups excluding carboxylic acids is 2. The number of aryl methyl sites for hydroxylation is 1. The monoisotopic (exact) mass is 434 g/mol. The molecule has 0 fully saturated rings. The smallest absolute Gasteiger partial charge is 0.342 e. The molecule has 1 N–H and O–H groups in total. The number of ether oxygens (including phenoxy) is 2. The lowest BCUT2D eigenvalue weighted by Crippen LogP contribution is -2.22. The normalized spacial score (nSPS) is 10.3. The maximum absolute atomic E-state index is 12.5. The van der Waals surface area contributed by atoms with Crippen LogP contribution in [-0.2, 0) is 16.1 Å². The summed E-state index contributed by atoms with van der Waals surface area (Å²) in [4.78, 5) is 35.6. The van der Waals surface area contributed by atoms with Gasteiger partial charge in [0.15, 0.2) is 6.61 Å². The van der Waals surface area contributed by atoms with Gasteiger partial charge in [0.2, 0.25) is 0 Å². The molecule has 8 heteroatoms. The number of carbonyl (C=O) groups is 2. The van der Waals surface area contributed by atoms with Gasteiger partial charge >= 0.3 is 5.97 Å². The molecule has 1 amide bonds. The third-order valence-corrected chi connectivity index (χ3v) is 4.85. The predicted octanol–water partition coefficient (Wildman–Crippen LogP) is 4.59. The Morgan fingerprint density at radius 2 is 1.66 bits per heavy atom. The van der Waals surface area contributed by atoms with Gasteiger partial charge in [-0.05, 0) is 42.7 Å². The Balaban J connectivity index is 1.65. The van der Waals surface area contributed by atoms with Crippen molar-refractivity contribution in [3.05, 3.63) is 99.1 Å². The number of esters is 1. The van der Waals surface area contributed by atoms with Crippen molar-refractivity contribution >= 4 is 23.3 Å². The Labute approximate surface area is 184 Å². The van der Waals surface area contributed by atoms with Gasteiger partial charge in [0.1, 0.15) is 23.6 Å². The summed E-state index contributed by atoms with van der Waals surface area (Å²) in [7, 11) is 0. The van der Waals surface area contributed by atoms with E-state index in [2.05, 4.69) is 5.32 Å². The molecule has 0 atom stereocenters. The number of nitrogens with zero attached hydrogens (tertiary/aromatic N) is 1. The van der Waals surface area contributed by atoms with Gasteiger partial charge in [0.05, 0.1) is 4.92 Å². The van der Waals surface area contributed by atoms with Crippen LogP contribution in [0, 0.1) is 24.0 Å². The zero-order chi connectivity index (χ0) is 23.1. The second-order valence-corrected chi connectivity index (χ2v) is 7.05. The first-order valence-corrected chi connectivity index (χ1v) is 9.84.